The summed E-state index contributed by atoms with van der Waals surface area (Å²) in [5, 5.41) is 0. The predicted octanol–water partition coefficient (Wildman–Crippen LogP) is 3.96. The Bertz CT molecular complexity index is 1310. The number of H-pyrrole nitrogens is 2. The Kier molecular flexibility index (Phi) is 5.15. The van der Waals surface area contributed by atoms with E-state index in [0.29, 0.717) is 24.0 Å². The average molecular weight is 422 g/mol. The van der Waals surface area contributed by atoms with Crippen LogP contribution in [-0.4, -0.2) is 15.8 Å². The van der Waals surface area contributed by atoms with Crippen LogP contribution in [0.5, 0.6) is 0 Å². The SMILES string of the molecule is O=C1c2ccccc2C(Cc2cc[nH]c(=O)c2)C(Cc2cc[nH]c(=O)c2)c2ccccc21. The zero-order valence-electron chi connectivity index (χ0n) is 17.4. The van der Waals surface area contributed by atoms with Crippen molar-refractivity contribution in [2.45, 2.75) is 24.7 Å². The van der Waals surface area contributed by atoms with Crippen LogP contribution in [0.15, 0.2) is 94.8 Å². The highest BCUT2D eigenvalue weighted by Gasteiger charge is 2.34. The molecule has 5 heteroatoms. The van der Waals surface area contributed by atoms with Gasteiger partial charge < -0.3 is 9.97 Å². The van der Waals surface area contributed by atoms with E-state index in [-0.39, 0.29) is 28.7 Å². The van der Waals surface area contributed by atoms with E-state index in [1.54, 1.807) is 24.5 Å². The number of aromatic amines is 2. The van der Waals surface area contributed by atoms with Gasteiger partial charge in [0.2, 0.25) is 11.1 Å². The second kappa shape index (κ2) is 8.27. The zero-order chi connectivity index (χ0) is 22.1. The summed E-state index contributed by atoms with van der Waals surface area (Å²) in [6, 6.07) is 22.5. The standard InChI is InChI=1S/C27H22N2O3/c30-25-15-17(9-11-28-25)13-23-19-5-1-3-7-21(19)27(32)22-8-4-2-6-20(22)24(23)14-18-10-12-29-26(31)16-18/h1-12,15-16,23-24H,13-14H2,(H,28,30)(H,29,31). The van der Waals surface area contributed by atoms with Crippen molar-refractivity contribution in [2.24, 2.45) is 0 Å². The summed E-state index contributed by atoms with van der Waals surface area (Å²) in [5.74, 6) is -0.0692. The summed E-state index contributed by atoms with van der Waals surface area (Å²) < 4.78 is 0. The minimum Gasteiger partial charge on any atom is -0.329 e. The second-order valence-corrected chi connectivity index (χ2v) is 8.25. The quantitative estimate of drug-likeness (QED) is 0.522. The molecule has 0 saturated heterocycles. The van der Waals surface area contributed by atoms with E-state index in [0.717, 1.165) is 22.3 Å². The summed E-state index contributed by atoms with van der Waals surface area (Å²) in [6.45, 7) is 0. The number of benzene rings is 2. The highest BCUT2D eigenvalue weighted by Crippen LogP contribution is 2.44. The van der Waals surface area contributed by atoms with Gasteiger partial charge in [0.25, 0.3) is 0 Å². The molecule has 2 heterocycles. The molecular formula is C27H22N2O3. The van der Waals surface area contributed by atoms with E-state index in [1.165, 1.54) is 0 Å². The minimum atomic E-state index is -0.146. The fourth-order valence-electron chi connectivity index (χ4n) is 4.88. The molecule has 2 N–H and O–H groups in total. The van der Waals surface area contributed by atoms with Gasteiger partial charge in [0, 0.05) is 35.7 Å². The first-order chi connectivity index (χ1) is 15.6. The average Bonchev–Trinajstić information content (AvgIpc) is 2.89. The van der Waals surface area contributed by atoms with Crippen LogP contribution in [0.1, 0.15) is 50.0 Å². The van der Waals surface area contributed by atoms with Crippen molar-refractivity contribution < 1.29 is 4.79 Å². The third-order valence-corrected chi connectivity index (χ3v) is 6.29. The normalized spacial score (nSPS) is 17.3. The third-order valence-electron chi connectivity index (χ3n) is 6.29. The van der Waals surface area contributed by atoms with Gasteiger partial charge in [0.1, 0.15) is 0 Å². The van der Waals surface area contributed by atoms with Crippen LogP contribution in [0, 0.1) is 0 Å². The highest BCUT2D eigenvalue weighted by molar-refractivity contribution is 6.11. The fourth-order valence-corrected chi connectivity index (χ4v) is 4.88. The van der Waals surface area contributed by atoms with E-state index in [4.69, 9.17) is 0 Å². The number of nitrogens with one attached hydrogen (secondary N) is 2. The molecule has 1 aliphatic carbocycles. The molecule has 1 aliphatic rings. The van der Waals surface area contributed by atoms with Crippen molar-refractivity contribution in [3.63, 3.8) is 0 Å². The van der Waals surface area contributed by atoms with Crippen LogP contribution in [0.25, 0.3) is 0 Å². The number of hydrogen-bond acceptors (Lipinski definition) is 3. The molecule has 0 spiro atoms. The minimum absolute atomic E-state index is 0.0144. The van der Waals surface area contributed by atoms with E-state index in [1.807, 2.05) is 60.7 Å². The molecule has 0 aliphatic heterocycles. The number of pyridine rings is 2. The predicted molar refractivity (Wildman–Crippen MR) is 123 cm³/mol. The topological polar surface area (TPSA) is 82.8 Å². The third kappa shape index (κ3) is 3.73. The van der Waals surface area contributed by atoms with Gasteiger partial charge in [-0.2, -0.15) is 0 Å². The Labute approximate surface area is 184 Å². The van der Waals surface area contributed by atoms with E-state index < -0.39 is 0 Å². The molecule has 0 radical (unpaired) electrons. The fraction of sp³-hybridized carbons (Fsp3) is 0.148. The number of carbonyl (C=O) groups excluding carboxylic acids is 1. The summed E-state index contributed by atoms with van der Waals surface area (Å²) in [7, 11) is 0. The van der Waals surface area contributed by atoms with Gasteiger partial charge in [0.05, 0.1) is 0 Å². The first-order valence-corrected chi connectivity index (χ1v) is 10.7. The molecule has 2 atom stereocenters. The lowest BCUT2D eigenvalue weighted by Crippen LogP contribution is -2.18. The molecular weight excluding hydrogens is 400 g/mol. The first-order valence-electron chi connectivity index (χ1n) is 10.7. The lowest BCUT2D eigenvalue weighted by atomic mass is 9.75. The van der Waals surface area contributed by atoms with Crippen LogP contribution < -0.4 is 11.1 Å². The number of ketones is 1. The maximum absolute atomic E-state index is 13.5. The molecule has 5 nitrogen and oxygen atoms in total. The summed E-state index contributed by atoms with van der Waals surface area (Å²) in [6.07, 6.45) is 4.53. The maximum Gasteiger partial charge on any atom is 0.248 e. The van der Waals surface area contributed by atoms with Gasteiger partial charge in [0.15, 0.2) is 5.78 Å². The monoisotopic (exact) mass is 422 g/mol. The molecule has 32 heavy (non-hydrogen) atoms. The number of hydrogen-bond donors (Lipinski definition) is 2. The molecule has 0 bridgehead atoms. The van der Waals surface area contributed by atoms with E-state index >= 15 is 0 Å². The van der Waals surface area contributed by atoms with Gasteiger partial charge in [-0.1, -0.05) is 48.5 Å². The van der Waals surface area contributed by atoms with E-state index in [9.17, 15) is 14.4 Å². The largest absolute Gasteiger partial charge is 0.329 e. The summed E-state index contributed by atoms with van der Waals surface area (Å²) >= 11 is 0. The maximum atomic E-state index is 13.5. The lowest BCUT2D eigenvalue weighted by molar-refractivity contribution is 0.103. The Morgan fingerprint density at radius 2 is 1.03 bits per heavy atom. The van der Waals surface area contributed by atoms with Crippen LogP contribution in [0.4, 0.5) is 0 Å². The van der Waals surface area contributed by atoms with Gasteiger partial charge in [-0.15, -0.1) is 0 Å². The molecule has 5 rings (SSSR count). The Balaban J connectivity index is 1.71. The molecule has 158 valence electrons. The number of fused-ring (bicyclic) bond motifs is 2. The van der Waals surface area contributed by atoms with Crippen LogP contribution in [0.3, 0.4) is 0 Å². The highest BCUT2D eigenvalue weighted by atomic mass is 16.1. The number of rotatable bonds is 4. The Morgan fingerprint density at radius 3 is 1.47 bits per heavy atom. The van der Waals surface area contributed by atoms with Crippen LogP contribution in [-0.2, 0) is 12.8 Å². The molecule has 0 amide bonds. The van der Waals surface area contributed by atoms with Crippen molar-refractivity contribution in [1.29, 1.82) is 0 Å². The first kappa shape index (κ1) is 19.9. The molecule has 0 saturated carbocycles. The smallest absolute Gasteiger partial charge is 0.248 e. The number of carbonyl (C=O) groups is 1. The van der Waals surface area contributed by atoms with Gasteiger partial charge >= 0.3 is 0 Å². The van der Waals surface area contributed by atoms with Crippen LogP contribution in [0.2, 0.25) is 0 Å². The zero-order valence-corrected chi connectivity index (χ0v) is 17.4. The molecule has 2 aromatic carbocycles. The molecule has 0 fully saturated rings. The van der Waals surface area contributed by atoms with Crippen LogP contribution >= 0.6 is 0 Å². The van der Waals surface area contributed by atoms with Crippen molar-refractivity contribution in [2.75, 3.05) is 0 Å². The molecule has 4 aromatic rings. The van der Waals surface area contributed by atoms with Crippen molar-refractivity contribution >= 4 is 5.78 Å². The van der Waals surface area contributed by atoms with Crippen molar-refractivity contribution in [3.05, 3.63) is 139 Å². The van der Waals surface area contributed by atoms with Crippen molar-refractivity contribution in [3.8, 4) is 0 Å². The molecule has 2 aromatic heterocycles. The van der Waals surface area contributed by atoms with Gasteiger partial charge in [-0.05, 0) is 59.1 Å². The molecule has 2 unspecified atom stereocenters. The Hall–Kier alpha value is -3.99. The summed E-state index contributed by atoms with van der Waals surface area (Å²) in [5.41, 5.74) is 4.88. The van der Waals surface area contributed by atoms with Gasteiger partial charge in [-0.3, -0.25) is 14.4 Å². The second-order valence-electron chi connectivity index (χ2n) is 8.25. The van der Waals surface area contributed by atoms with Gasteiger partial charge in [-0.25, -0.2) is 0 Å². The van der Waals surface area contributed by atoms with E-state index in [2.05, 4.69) is 9.97 Å². The number of aromatic nitrogens is 2. The van der Waals surface area contributed by atoms with Crippen molar-refractivity contribution in [1.82, 2.24) is 9.97 Å². The summed E-state index contributed by atoms with van der Waals surface area (Å²) in [4.78, 5) is 42.8. The Morgan fingerprint density at radius 1 is 0.594 bits per heavy atom. The lowest BCUT2D eigenvalue weighted by Gasteiger charge is -2.28.